The molecule has 3 heteroatoms. The smallest absolute Gasteiger partial charge is 0.116 e. The minimum Gasteiger partial charge on any atom is -0.508 e. The molecule has 3 nitrogen and oxygen atoms in total. The van der Waals surface area contributed by atoms with Crippen molar-refractivity contribution < 1.29 is 5.11 Å². The number of benzene rings is 1. The Bertz CT molecular complexity index is 459. The minimum absolute atomic E-state index is 0.296. The number of phenolic OH excluding ortho intramolecular Hbond substituents is 1. The molecule has 1 heterocycles. The maximum Gasteiger partial charge on any atom is 0.116 e. The van der Waals surface area contributed by atoms with Crippen LogP contribution >= 0.6 is 0 Å². The average molecular weight is 188 g/mol. The van der Waals surface area contributed by atoms with Gasteiger partial charge in [-0.25, -0.2) is 0 Å². The van der Waals surface area contributed by atoms with Crippen molar-refractivity contribution in [2.45, 2.75) is 6.42 Å². The van der Waals surface area contributed by atoms with Crippen molar-refractivity contribution >= 4 is 17.6 Å². The molecular weight excluding hydrogens is 176 g/mol. The van der Waals surface area contributed by atoms with Gasteiger partial charge in [-0.15, -0.1) is 0 Å². The molecule has 2 rings (SSSR count). The second-order valence-corrected chi connectivity index (χ2v) is 3.24. The quantitative estimate of drug-likeness (QED) is 0.712. The Morgan fingerprint density at radius 1 is 1.43 bits per heavy atom. The molecule has 0 aliphatic rings. The zero-order chi connectivity index (χ0) is 9.97. The fourth-order valence-electron chi connectivity index (χ4n) is 1.57. The summed E-state index contributed by atoms with van der Waals surface area (Å²) in [5.74, 6) is 0.296. The van der Waals surface area contributed by atoms with Gasteiger partial charge >= 0.3 is 0 Å². The van der Waals surface area contributed by atoms with E-state index in [4.69, 9.17) is 0 Å². The summed E-state index contributed by atoms with van der Waals surface area (Å²) in [6.07, 6.45) is 2.81. The number of nitrogens with one attached hydrogen (secondary N) is 1. The molecule has 2 aromatic rings. The highest BCUT2D eigenvalue weighted by Gasteiger charge is 2.03. The largest absolute Gasteiger partial charge is 0.508 e. The molecule has 2 N–H and O–H groups in total. The highest BCUT2D eigenvalue weighted by atomic mass is 16.3. The predicted octanol–water partition coefficient (Wildman–Crippen LogP) is 2.12. The lowest BCUT2D eigenvalue weighted by molar-refractivity contribution is 0.476. The normalized spacial score (nSPS) is 10.6. The Balaban J connectivity index is 2.44. The van der Waals surface area contributed by atoms with Crippen LogP contribution < -0.4 is 0 Å². The molecule has 0 spiro atoms. The Morgan fingerprint density at radius 2 is 2.29 bits per heavy atom. The van der Waals surface area contributed by atoms with E-state index in [2.05, 4.69) is 16.7 Å². The first-order valence-corrected chi connectivity index (χ1v) is 4.52. The van der Waals surface area contributed by atoms with Gasteiger partial charge in [-0.05, 0) is 36.9 Å². The third-order valence-corrected chi connectivity index (χ3v) is 2.29. The van der Waals surface area contributed by atoms with Gasteiger partial charge in [0.15, 0.2) is 0 Å². The van der Waals surface area contributed by atoms with Crippen LogP contribution in [0.25, 0.3) is 10.9 Å². The number of hydrogen-bond acceptors (Lipinski definition) is 2. The fourth-order valence-corrected chi connectivity index (χ4v) is 1.57. The highest BCUT2D eigenvalue weighted by molar-refractivity contribution is 5.84. The number of phenols is 1. The molecule has 0 radical (unpaired) electrons. The third kappa shape index (κ3) is 1.48. The molecule has 0 saturated heterocycles. The van der Waals surface area contributed by atoms with Crippen molar-refractivity contribution in [3.63, 3.8) is 0 Å². The number of nitrogens with zero attached hydrogens (tertiary/aromatic N) is 1. The molecule has 0 atom stereocenters. The summed E-state index contributed by atoms with van der Waals surface area (Å²) in [7, 11) is 0. The van der Waals surface area contributed by atoms with Gasteiger partial charge in [-0.1, -0.05) is 0 Å². The molecule has 1 aromatic heterocycles. The van der Waals surface area contributed by atoms with Crippen molar-refractivity contribution in [2.75, 3.05) is 6.54 Å². The number of aromatic nitrogens is 1. The molecule has 1 aromatic carbocycles. The Hall–Kier alpha value is -1.77. The van der Waals surface area contributed by atoms with Gasteiger partial charge in [0.1, 0.15) is 5.75 Å². The van der Waals surface area contributed by atoms with Crippen molar-refractivity contribution in [3.05, 3.63) is 30.0 Å². The lowest BCUT2D eigenvalue weighted by Crippen LogP contribution is -1.86. The van der Waals surface area contributed by atoms with E-state index >= 15 is 0 Å². The number of fused-ring (bicyclic) bond motifs is 1. The van der Waals surface area contributed by atoms with Gasteiger partial charge in [-0.3, -0.25) is 0 Å². The fraction of sp³-hybridized carbons (Fsp3) is 0.182. The second-order valence-electron chi connectivity index (χ2n) is 3.24. The lowest BCUT2D eigenvalue weighted by atomic mass is 10.1. The summed E-state index contributed by atoms with van der Waals surface area (Å²) in [6, 6.07) is 5.31. The first-order chi connectivity index (χ1) is 6.81. The van der Waals surface area contributed by atoms with E-state index in [1.54, 1.807) is 12.1 Å². The summed E-state index contributed by atoms with van der Waals surface area (Å²) in [5.41, 5.74) is 2.21. The van der Waals surface area contributed by atoms with E-state index in [9.17, 15) is 5.11 Å². The van der Waals surface area contributed by atoms with E-state index in [0.717, 1.165) is 17.3 Å². The zero-order valence-corrected chi connectivity index (χ0v) is 7.83. The van der Waals surface area contributed by atoms with Crippen LogP contribution in [0.5, 0.6) is 5.75 Å². The Kier molecular flexibility index (Phi) is 2.23. The van der Waals surface area contributed by atoms with E-state index in [0.29, 0.717) is 12.3 Å². The number of rotatable bonds is 3. The van der Waals surface area contributed by atoms with Gasteiger partial charge in [0.05, 0.1) is 0 Å². The SMILES string of the molecule is C=NCCc1c[nH]c2ccc(O)cc12. The number of aromatic amines is 1. The first kappa shape index (κ1) is 8.81. The van der Waals surface area contributed by atoms with Crippen LogP contribution in [0.1, 0.15) is 5.56 Å². The third-order valence-electron chi connectivity index (χ3n) is 2.29. The van der Waals surface area contributed by atoms with Crippen LogP contribution in [0, 0.1) is 0 Å². The number of H-pyrrole nitrogens is 1. The standard InChI is InChI=1S/C11H12N2O/c1-12-5-4-8-7-13-11-3-2-9(14)6-10(8)11/h2-3,6-7,13-14H,1,4-5H2. The molecular formula is C11H12N2O. The molecule has 0 aliphatic heterocycles. The van der Waals surface area contributed by atoms with Gasteiger partial charge in [0, 0.05) is 23.6 Å². The van der Waals surface area contributed by atoms with Crippen molar-refractivity contribution in [2.24, 2.45) is 4.99 Å². The van der Waals surface area contributed by atoms with E-state index < -0.39 is 0 Å². The highest BCUT2D eigenvalue weighted by Crippen LogP contribution is 2.23. The topological polar surface area (TPSA) is 48.4 Å². The van der Waals surface area contributed by atoms with E-state index in [1.807, 2.05) is 12.3 Å². The maximum absolute atomic E-state index is 9.35. The van der Waals surface area contributed by atoms with Crippen LogP contribution in [-0.4, -0.2) is 23.4 Å². The summed E-state index contributed by atoms with van der Waals surface area (Å²) in [6.45, 7) is 4.16. The molecule has 14 heavy (non-hydrogen) atoms. The molecule has 72 valence electrons. The zero-order valence-electron chi connectivity index (χ0n) is 7.83. The summed E-state index contributed by atoms with van der Waals surface area (Å²) in [5, 5.41) is 10.4. The van der Waals surface area contributed by atoms with Crippen LogP contribution in [0.4, 0.5) is 0 Å². The van der Waals surface area contributed by atoms with Gasteiger partial charge in [0.2, 0.25) is 0 Å². The number of hydrogen-bond donors (Lipinski definition) is 2. The molecule has 0 aliphatic carbocycles. The Morgan fingerprint density at radius 3 is 3.07 bits per heavy atom. The van der Waals surface area contributed by atoms with E-state index in [1.165, 1.54) is 5.56 Å². The van der Waals surface area contributed by atoms with Crippen LogP contribution in [0.3, 0.4) is 0 Å². The summed E-state index contributed by atoms with van der Waals surface area (Å²) in [4.78, 5) is 6.96. The number of aliphatic imine (C=N–C) groups is 1. The molecule has 0 saturated carbocycles. The molecule has 0 fully saturated rings. The Labute approximate surface area is 82.1 Å². The monoisotopic (exact) mass is 188 g/mol. The summed E-state index contributed by atoms with van der Waals surface area (Å²) < 4.78 is 0. The molecule has 0 unspecified atom stereocenters. The van der Waals surface area contributed by atoms with Crippen molar-refractivity contribution in [1.29, 1.82) is 0 Å². The van der Waals surface area contributed by atoms with Crippen molar-refractivity contribution in [1.82, 2.24) is 4.98 Å². The summed E-state index contributed by atoms with van der Waals surface area (Å²) >= 11 is 0. The van der Waals surface area contributed by atoms with Crippen LogP contribution in [0.2, 0.25) is 0 Å². The second kappa shape index (κ2) is 3.54. The lowest BCUT2D eigenvalue weighted by Gasteiger charge is -1.96. The van der Waals surface area contributed by atoms with Crippen LogP contribution in [-0.2, 0) is 6.42 Å². The van der Waals surface area contributed by atoms with E-state index in [-0.39, 0.29) is 0 Å². The van der Waals surface area contributed by atoms with Gasteiger partial charge < -0.3 is 15.1 Å². The first-order valence-electron chi connectivity index (χ1n) is 4.52. The molecule has 0 amide bonds. The van der Waals surface area contributed by atoms with Crippen molar-refractivity contribution in [3.8, 4) is 5.75 Å². The number of aromatic hydroxyl groups is 1. The minimum atomic E-state index is 0.296. The predicted molar refractivity (Wildman–Crippen MR) is 58.1 cm³/mol. The van der Waals surface area contributed by atoms with Crippen LogP contribution in [0.15, 0.2) is 29.4 Å². The van der Waals surface area contributed by atoms with Gasteiger partial charge in [-0.2, -0.15) is 0 Å². The maximum atomic E-state index is 9.35. The van der Waals surface area contributed by atoms with Gasteiger partial charge in [0.25, 0.3) is 0 Å². The molecule has 0 bridgehead atoms. The average Bonchev–Trinajstić information content (AvgIpc) is 2.57.